The van der Waals surface area contributed by atoms with Gasteiger partial charge in [-0.1, -0.05) is 37.8 Å². The van der Waals surface area contributed by atoms with Gasteiger partial charge in [0.25, 0.3) is 5.91 Å². The van der Waals surface area contributed by atoms with Gasteiger partial charge in [0, 0.05) is 45.8 Å². The van der Waals surface area contributed by atoms with Gasteiger partial charge in [-0.3, -0.25) is 4.79 Å². The quantitative estimate of drug-likeness (QED) is 0.260. The Hall–Kier alpha value is -3.67. The molecule has 11 heteroatoms. The van der Waals surface area contributed by atoms with Crippen molar-refractivity contribution in [3.63, 3.8) is 0 Å². The van der Waals surface area contributed by atoms with Crippen LogP contribution in [0.4, 0.5) is 5.82 Å². The lowest BCUT2D eigenvalue weighted by Gasteiger charge is -2.22. The number of likely N-dealkylation sites (N-methyl/N-ethyl adjacent to an activating group) is 1. The molecule has 0 radical (unpaired) electrons. The first-order valence-electron chi connectivity index (χ1n) is 13.1. The van der Waals surface area contributed by atoms with E-state index in [2.05, 4.69) is 34.6 Å². The molecule has 10 nitrogen and oxygen atoms in total. The zero-order chi connectivity index (χ0) is 27.9. The van der Waals surface area contributed by atoms with Gasteiger partial charge in [0.15, 0.2) is 11.4 Å². The minimum atomic E-state index is -1.66. The van der Waals surface area contributed by atoms with Crippen molar-refractivity contribution in [1.82, 2.24) is 29.6 Å². The number of fused-ring (bicyclic) bond motifs is 1. The molecule has 0 bridgehead atoms. The van der Waals surface area contributed by atoms with Crippen molar-refractivity contribution in [2.24, 2.45) is 0 Å². The van der Waals surface area contributed by atoms with Gasteiger partial charge in [-0.15, -0.1) is 0 Å². The number of aromatic nitrogens is 5. The Balaban J connectivity index is 1.50. The molecular weight excluding hydrogens is 498 g/mol. The number of pyridine rings is 1. The molecule has 1 unspecified atom stereocenters. The number of aliphatic hydroxyl groups is 1. The molecule has 1 fully saturated rings. The molecular formula is C27H33N7O3Si. The summed E-state index contributed by atoms with van der Waals surface area (Å²) in [7, 11) is 0.415. The van der Waals surface area contributed by atoms with Gasteiger partial charge in [0.2, 0.25) is 0 Å². The van der Waals surface area contributed by atoms with E-state index in [9.17, 15) is 9.90 Å². The summed E-state index contributed by atoms with van der Waals surface area (Å²) in [6.07, 6.45) is 0.133. The van der Waals surface area contributed by atoms with Crippen LogP contribution >= 0.6 is 0 Å². The highest BCUT2D eigenvalue weighted by Crippen LogP contribution is 2.35. The van der Waals surface area contributed by atoms with Crippen LogP contribution in [0.15, 0.2) is 48.8 Å². The number of rotatable bonds is 8. The third-order valence-electron chi connectivity index (χ3n) is 6.83. The number of anilines is 1. The molecule has 0 aliphatic carbocycles. The van der Waals surface area contributed by atoms with Crippen LogP contribution < -0.4 is 5.73 Å². The van der Waals surface area contributed by atoms with E-state index in [0.29, 0.717) is 41.3 Å². The highest BCUT2D eigenvalue weighted by molar-refractivity contribution is 6.76. The van der Waals surface area contributed by atoms with Crippen LogP contribution in [0.2, 0.25) is 25.7 Å². The summed E-state index contributed by atoms with van der Waals surface area (Å²) in [5, 5.41) is 16.2. The van der Waals surface area contributed by atoms with Crippen LogP contribution in [0.25, 0.3) is 33.5 Å². The second-order valence-corrected chi connectivity index (χ2v) is 16.6. The van der Waals surface area contributed by atoms with Gasteiger partial charge in [-0.25, -0.2) is 19.6 Å². The summed E-state index contributed by atoms with van der Waals surface area (Å²) in [5.41, 5.74) is 8.59. The molecule has 198 valence electrons. The van der Waals surface area contributed by atoms with Crippen LogP contribution in [0.3, 0.4) is 0 Å². The molecule has 1 aliphatic heterocycles. The number of nitrogens with zero attached hydrogens (tertiary/aromatic N) is 6. The van der Waals surface area contributed by atoms with Crippen LogP contribution in [-0.4, -0.2) is 68.9 Å². The number of hydrogen-bond donors (Lipinski definition) is 2. The summed E-state index contributed by atoms with van der Waals surface area (Å²) < 4.78 is 15.2. The highest BCUT2D eigenvalue weighted by Gasteiger charge is 2.47. The van der Waals surface area contributed by atoms with Crippen molar-refractivity contribution >= 4 is 30.8 Å². The summed E-state index contributed by atoms with van der Waals surface area (Å²) in [6.45, 7) is 8.06. The second-order valence-electron chi connectivity index (χ2n) is 11.0. The number of hydrogen-bond acceptors (Lipinski definition) is 8. The van der Waals surface area contributed by atoms with Crippen molar-refractivity contribution in [2.75, 3.05) is 25.9 Å². The fourth-order valence-electron chi connectivity index (χ4n) is 4.52. The van der Waals surface area contributed by atoms with Gasteiger partial charge in [0.05, 0.1) is 22.6 Å². The predicted molar refractivity (Wildman–Crippen MR) is 149 cm³/mol. The summed E-state index contributed by atoms with van der Waals surface area (Å²) in [4.78, 5) is 27.1. The molecule has 0 spiro atoms. The van der Waals surface area contributed by atoms with Crippen molar-refractivity contribution in [3.05, 3.63) is 54.5 Å². The SMILES string of the molecule is [2H]c1nc(N)c2nc(-c3cccc(-c4cc(C5(O)CCN(C)C5=O)n(COCC[Si](C)(C)C)n4)c3)ccc2n1. The van der Waals surface area contributed by atoms with E-state index in [0.717, 1.165) is 17.2 Å². The summed E-state index contributed by atoms with van der Waals surface area (Å²) in [5.74, 6) is -0.193. The van der Waals surface area contributed by atoms with E-state index < -0.39 is 13.7 Å². The van der Waals surface area contributed by atoms with E-state index in [-0.39, 0.29) is 31.2 Å². The number of nitrogen functional groups attached to an aromatic ring is 1. The number of amides is 1. The molecule has 4 heterocycles. The standard InChI is InChI=1S/C27H33N7O3Si/c1-33-11-10-27(36,26(33)35)23-15-22(32-34(23)17-37-12-13-38(2,3)4)19-7-5-6-18(14-19)20-8-9-21-24(31-20)25(28)30-16-29-21/h5-9,14-16,36H,10-13,17H2,1-4H3,(H2,28,29,30)/i16D. The maximum absolute atomic E-state index is 12.9. The molecule has 1 saturated heterocycles. The van der Waals surface area contributed by atoms with Crippen molar-refractivity contribution < 1.29 is 16.0 Å². The van der Waals surface area contributed by atoms with Gasteiger partial charge >= 0.3 is 0 Å². The third kappa shape index (κ3) is 5.04. The predicted octanol–water partition coefficient (Wildman–Crippen LogP) is 3.50. The molecule has 4 aromatic rings. The summed E-state index contributed by atoms with van der Waals surface area (Å²) >= 11 is 0. The number of nitrogens with two attached hydrogens (primary N) is 1. The van der Waals surface area contributed by atoms with Gasteiger partial charge in [-0.05, 0) is 30.3 Å². The van der Waals surface area contributed by atoms with Crippen molar-refractivity contribution in [3.8, 4) is 22.5 Å². The maximum Gasteiger partial charge on any atom is 0.260 e. The normalized spacial score (nSPS) is 18.4. The van der Waals surface area contributed by atoms with E-state index in [1.165, 1.54) is 4.90 Å². The fourth-order valence-corrected chi connectivity index (χ4v) is 5.28. The molecule has 0 saturated carbocycles. The molecule has 1 aromatic carbocycles. The van der Waals surface area contributed by atoms with Crippen molar-refractivity contribution in [2.45, 2.75) is 44.4 Å². The number of benzene rings is 1. The lowest BCUT2D eigenvalue weighted by Crippen LogP contribution is -2.38. The second kappa shape index (κ2) is 9.90. The average molecular weight is 533 g/mol. The average Bonchev–Trinajstić information content (AvgIpc) is 3.44. The molecule has 1 aliphatic rings. The van der Waals surface area contributed by atoms with Gasteiger partial charge in [-0.2, -0.15) is 5.10 Å². The summed E-state index contributed by atoms with van der Waals surface area (Å²) in [6, 6.07) is 14.0. The molecule has 38 heavy (non-hydrogen) atoms. The van der Waals surface area contributed by atoms with E-state index in [1.54, 1.807) is 23.9 Å². The zero-order valence-corrected chi connectivity index (χ0v) is 23.1. The highest BCUT2D eigenvalue weighted by atomic mass is 28.3. The maximum atomic E-state index is 12.9. The largest absolute Gasteiger partial charge is 0.382 e. The number of carbonyl (C=O) groups is 1. The van der Waals surface area contributed by atoms with Crippen LogP contribution in [0.5, 0.6) is 0 Å². The Bertz CT molecular complexity index is 1550. The van der Waals surface area contributed by atoms with E-state index in [1.807, 2.05) is 30.3 Å². The van der Waals surface area contributed by atoms with Gasteiger partial charge < -0.3 is 20.5 Å². The number of carbonyl (C=O) groups excluding carboxylic acids is 1. The van der Waals surface area contributed by atoms with E-state index in [4.69, 9.17) is 16.9 Å². The molecule has 3 N–H and O–H groups in total. The minimum Gasteiger partial charge on any atom is -0.382 e. The van der Waals surface area contributed by atoms with Crippen LogP contribution in [0, 0.1) is 0 Å². The van der Waals surface area contributed by atoms with Crippen LogP contribution in [0.1, 0.15) is 13.5 Å². The Morgan fingerprint density at radius 2 is 1.92 bits per heavy atom. The third-order valence-corrected chi connectivity index (χ3v) is 8.54. The lowest BCUT2D eigenvalue weighted by atomic mass is 9.96. The number of likely N-dealkylation sites (tertiary alicyclic amines) is 1. The first kappa shape index (κ1) is 24.7. The molecule has 5 rings (SSSR count). The van der Waals surface area contributed by atoms with E-state index >= 15 is 0 Å². The number of ether oxygens (including phenoxy) is 1. The van der Waals surface area contributed by atoms with Gasteiger partial charge in [0.1, 0.15) is 19.9 Å². The monoisotopic (exact) mass is 532 g/mol. The Morgan fingerprint density at radius 3 is 2.63 bits per heavy atom. The zero-order valence-electron chi connectivity index (χ0n) is 23.1. The first-order valence-corrected chi connectivity index (χ1v) is 16.3. The Morgan fingerprint density at radius 1 is 1.16 bits per heavy atom. The Kier molecular flexibility index (Phi) is 6.42. The first-order chi connectivity index (χ1) is 18.4. The Labute approximate surface area is 223 Å². The minimum absolute atomic E-state index is 0.141. The topological polar surface area (TPSA) is 132 Å². The molecule has 1 amide bonds. The van der Waals surface area contributed by atoms with Crippen molar-refractivity contribution in [1.29, 1.82) is 0 Å². The van der Waals surface area contributed by atoms with Crippen LogP contribution in [-0.2, 0) is 21.9 Å². The smallest absolute Gasteiger partial charge is 0.260 e. The lowest BCUT2D eigenvalue weighted by molar-refractivity contribution is -0.143. The molecule has 1 atom stereocenters. The fraction of sp³-hybridized carbons (Fsp3) is 0.370. The molecule has 3 aromatic heterocycles.